The van der Waals surface area contributed by atoms with Crippen LogP contribution in [0.4, 0.5) is 4.79 Å². The molecule has 0 heterocycles. The number of nitrogens with two attached hydrogens (primary N) is 1. The SMILES string of the molecule is CCCCCCCCC(CCCCCCCC)OC(=N)CCCCCCCN(CCCCCCCC(=O)O)CCOC(N)=O. The van der Waals surface area contributed by atoms with Gasteiger partial charge in [0, 0.05) is 19.4 Å². The quantitative estimate of drug-likeness (QED) is 0.0371. The third kappa shape index (κ3) is 31.6. The normalized spacial score (nSPS) is 11.4. The summed E-state index contributed by atoms with van der Waals surface area (Å²) in [5.74, 6) is -0.237. The number of nitrogens with one attached hydrogen (secondary N) is 1. The second kappa shape index (κ2) is 32.6. The van der Waals surface area contributed by atoms with Gasteiger partial charge in [-0.1, -0.05) is 117 Å². The third-order valence-corrected chi connectivity index (χ3v) is 8.46. The average molecular weight is 626 g/mol. The summed E-state index contributed by atoms with van der Waals surface area (Å²) < 4.78 is 11.2. The molecule has 0 atom stereocenters. The van der Waals surface area contributed by atoms with Gasteiger partial charge in [0.05, 0.1) is 0 Å². The summed E-state index contributed by atoms with van der Waals surface area (Å²) in [4.78, 5) is 23.9. The maximum atomic E-state index is 11.0. The van der Waals surface area contributed by atoms with E-state index in [-0.39, 0.29) is 12.5 Å². The summed E-state index contributed by atoms with van der Waals surface area (Å²) in [5.41, 5.74) is 5.12. The van der Waals surface area contributed by atoms with Crippen LogP contribution in [0.5, 0.6) is 0 Å². The van der Waals surface area contributed by atoms with Crippen molar-refractivity contribution in [2.75, 3.05) is 26.2 Å². The molecular weight excluding hydrogens is 554 g/mol. The number of unbranched alkanes of at least 4 members (excludes halogenated alkanes) is 18. The molecular formula is C36H71N3O5. The number of amides is 1. The number of carbonyl (C=O) groups excluding carboxylic acids is 1. The second-order valence-corrected chi connectivity index (χ2v) is 12.7. The van der Waals surface area contributed by atoms with Crippen LogP contribution in [0.1, 0.15) is 181 Å². The first-order chi connectivity index (χ1) is 21.4. The van der Waals surface area contributed by atoms with Crippen LogP contribution in [0.3, 0.4) is 0 Å². The van der Waals surface area contributed by atoms with Crippen molar-refractivity contribution in [3.8, 4) is 0 Å². The van der Waals surface area contributed by atoms with E-state index in [1.165, 1.54) is 77.0 Å². The van der Waals surface area contributed by atoms with Crippen LogP contribution in [-0.4, -0.2) is 60.3 Å². The van der Waals surface area contributed by atoms with E-state index in [1.54, 1.807) is 0 Å². The van der Waals surface area contributed by atoms with Crippen molar-refractivity contribution < 1.29 is 24.2 Å². The van der Waals surface area contributed by atoms with E-state index in [0.717, 1.165) is 96.6 Å². The van der Waals surface area contributed by atoms with Gasteiger partial charge in [-0.05, 0) is 64.5 Å². The number of ether oxygens (including phenoxy) is 2. The number of rotatable bonds is 34. The molecule has 0 radical (unpaired) electrons. The monoisotopic (exact) mass is 626 g/mol. The van der Waals surface area contributed by atoms with E-state index in [1.807, 2.05) is 0 Å². The van der Waals surface area contributed by atoms with E-state index in [0.29, 0.717) is 19.0 Å². The molecule has 0 aromatic carbocycles. The highest BCUT2D eigenvalue weighted by atomic mass is 16.5. The molecule has 0 unspecified atom stereocenters. The van der Waals surface area contributed by atoms with Crippen molar-refractivity contribution in [3.63, 3.8) is 0 Å². The van der Waals surface area contributed by atoms with Crippen molar-refractivity contribution in [3.05, 3.63) is 0 Å². The summed E-state index contributed by atoms with van der Waals surface area (Å²) in [5, 5.41) is 17.2. The number of primary amides is 1. The lowest BCUT2D eigenvalue weighted by molar-refractivity contribution is -0.137. The van der Waals surface area contributed by atoms with Crippen molar-refractivity contribution >= 4 is 18.0 Å². The molecule has 260 valence electrons. The van der Waals surface area contributed by atoms with Crippen LogP contribution < -0.4 is 5.73 Å². The molecule has 0 rings (SSSR count). The zero-order valence-electron chi connectivity index (χ0n) is 28.9. The zero-order chi connectivity index (χ0) is 32.5. The summed E-state index contributed by atoms with van der Waals surface area (Å²) in [6, 6.07) is 0. The first-order valence-corrected chi connectivity index (χ1v) is 18.5. The number of aliphatic carboxylic acids is 1. The molecule has 44 heavy (non-hydrogen) atoms. The Balaban J connectivity index is 4.23. The highest BCUT2D eigenvalue weighted by Gasteiger charge is 2.13. The standard InChI is InChI=1S/C36H71N3O5/c1-3-5-7-9-13-19-25-33(26-20-14-10-8-6-4-2)44-34(37)27-21-15-11-17-23-29-39(31-32-43-36(38)42)30-24-18-12-16-22-28-35(40)41/h33,37H,3-32H2,1-2H3,(H2,38,42)(H,40,41). The molecule has 0 aromatic heterocycles. The summed E-state index contributed by atoms with van der Waals surface area (Å²) >= 11 is 0. The van der Waals surface area contributed by atoms with Gasteiger partial charge in [-0.15, -0.1) is 0 Å². The number of carboxylic acid groups (broad SMARTS) is 1. The smallest absolute Gasteiger partial charge is 0.404 e. The fourth-order valence-electron chi connectivity index (χ4n) is 5.73. The molecule has 0 spiro atoms. The summed E-state index contributed by atoms with van der Waals surface area (Å²) in [7, 11) is 0. The Morgan fingerprint density at radius 2 is 1.07 bits per heavy atom. The Bertz CT molecular complexity index is 660. The Labute approximate surface area is 271 Å². The Morgan fingerprint density at radius 3 is 1.55 bits per heavy atom. The Morgan fingerprint density at radius 1 is 0.636 bits per heavy atom. The van der Waals surface area contributed by atoms with Gasteiger partial charge in [0.2, 0.25) is 0 Å². The molecule has 0 aliphatic heterocycles. The number of carbonyl (C=O) groups is 2. The van der Waals surface area contributed by atoms with Crippen molar-refractivity contribution in [1.82, 2.24) is 4.90 Å². The minimum Gasteiger partial charge on any atom is -0.481 e. The van der Waals surface area contributed by atoms with Crippen LogP contribution in [-0.2, 0) is 14.3 Å². The molecule has 0 aliphatic carbocycles. The van der Waals surface area contributed by atoms with Gasteiger partial charge in [0.15, 0.2) is 5.90 Å². The topological polar surface area (TPSA) is 126 Å². The third-order valence-electron chi connectivity index (χ3n) is 8.46. The fourth-order valence-corrected chi connectivity index (χ4v) is 5.73. The lowest BCUT2D eigenvalue weighted by Crippen LogP contribution is -2.31. The van der Waals surface area contributed by atoms with Gasteiger partial charge in [-0.3, -0.25) is 15.1 Å². The van der Waals surface area contributed by atoms with Crippen molar-refractivity contribution in [2.24, 2.45) is 5.73 Å². The molecule has 0 bridgehead atoms. The lowest BCUT2D eigenvalue weighted by Gasteiger charge is -2.22. The average Bonchev–Trinajstić information content (AvgIpc) is 2.98. The van der Waals surface area contributed by atoms with Crippen molar-refractivity contribution in [2.45, 2.75) is 187 Å². The largest absolute Gasteiger partial charge is 0.481 e. The number of carboxylic acids is 1. The van der Waals surface area contributed by atoms with Gasteiger partial charge in [-0.2, -0.15) is 0 Å². The Hall–Kier alpha value is -1.83. The van der Waals surface area contributed by atoms with Crippen LogP contribution >= 0.6 is 0 Å². The van der Waals surface area contributed by atoms with Gasteiger partial charge in [0.25, 0.3) is 0 Å². The molecule has 8 nitrogen and oxygen atoms in total. The molecule has 4 N–H and O–H groups in total. The minimum absolute atomic E-state index is 0.217. The summed E-state index contributed by atoms with van der Waals surface area (Å²) in [6.07, 6.45) is 28.7. The van der Waals surface area contributed by atoms with Gasteiger partial charge >= 0.3 is 12.1 Å². The van der Waals surface area contributed by atoms with Crippen LogP contribution in [0.2, 0.25) is 0 Å². The van der Waals surface area contributed by atoms with Gasteiger partial charge < -0.3 is 20.3 Å². The first kappa shape index (κ1) is 42.2. The molecule has 0 aromatic rings. The number of nitrogens with zero attached hydrogens (tertiary/aromatic N) is 1. The second-order valence-electron chi connectivity index (χ2n) is 12.7. The highest BCUT2D eigenvalue weighted by Crippen LogP contribution is 2.18. The minimum atomic E-state index is -0.728. The molecule has 1 amide bonds. The van der Waals surface area contributed by atoms with Crippen LogP contribution in [0, 0.1) is 5.41 Å². The van der Waals surface area contributed by atoms with Gasteiger partial charge in [0.1, 0.15) is 12.7 Å². The Kier molecular flexibility index (Phi) is 31.2. The highest BCUT2D eigenvalue weighted by molar-refractivity contribution is 5.72. The molecule has 0 aliphatic rings. The molecule has 8 heteroatoms. The van der Waals surface area contributed by atoms with E-state index >= 15 is 0 Å². The molecule has 0 saturated carbocycles. The fraction of sp³-hybridized carbons (Fsp3) is 0.917. The molecule has 0 saturated heterocycles. The van der Waals surface area contributed by atoms with Crippen LogP contribution in [0.15, 0.2) is 0 Å². The zero-order valence-corrected chi connectivity index (χ0v) is 28.9. The van der Waals surface area contributed by atoms with Gasteiger partial charge in [-0.25, -0.2) is 4.79 Å². The van der Waals surface area contributed by atoms with E-state index in [2.05, 4.69) is 18.7 Å². The predicted molar refractivity (Wildman–Crippen MR) is 184 cm³/mol. The maximum absolute atomic E-state index is 11.0. The van der Waals surface area contributed by atoms with Crippen molar-refractivity contribution in [1.29, 1.82) is 5.41 Å². The summed E-state index contributed by atoms with van der Waals surface area (Å²) in [6.45, 7) is 7.45. The lowest BCUT2D eigenvalue weighted by atomic mass is 10.0. The first-order valence-electron chi connectivity index (χ1n) is 18.5. The number of hydrogen-bond donors (Lipinski definition) is 3. The maximum Gasteiger partial charge on any atom is 0.404 e. The predicted octanol–water partition coefficient (Wildman–Crippen LogP) is 10.0. The van der Waals surface area contributed by atoms with E-state index < -0.39 is 12.1 Å². The molecule has 0 fully saturated rings. The van der Waals surface area contributed by atoms with Crippen LogP contribution in [0.25, 0.3) is 0 Å². The van der Waals surface area contributed by atoms with E-state index in [9.17, 15) is 9.59 Å². The number of hydrogen-bond acceptors (Lipinski definition) is 6. The van der Waals surface area contributed by atoms with E-state index in [4.69, 9.17) is 25.7 Å².